The maximum Gasteiger partial charge on any atom is 0.166 e. The van der Waals surface area contributed by atoms with E-state index < -0.39 is 11.6 Å². The average Bonchev–Trinajstić information content (AvgIpc) is 2.70. The summed E-state index contributed by atoms with van der Waals surface area (Å²) < 4.78 is 27.9. The predicted molar refractivity (Wildman–Crippen MR) is 109 cm³/mol. The van der Waals surface area contributed by atoms with E-state index in [1.165, 1.54) is 29.5 Å². The Morgan fingerprint density at radius 1 is 0.630 bits per heavy atom. The summed E-state index contributed by atoms with van der Waals surface area (Å²) in [6.45, 7) is 3.78. The molecular formula is C25H26F2. The molecule has 0 heterocycles. The monoisotopic (exact) mass is 364 g/mol. The van der Waals surface area contributed by atoms with Crippen LogP contribution in [0.15, 0.2) is 60.7 Å². The zero-order valence-corrected chi connectivity index (χ0v) is 16.1. The summed E-state index contributed by atoms with van der Waals surface area (Å²) in [5.41, 5.74) is 5.27. The number of benzene rings is 3. The molecule has 0 aromatic heterocycles. The van der Waals surface area contributed by atoms with Crippen molar-refractivity contribution in [2.75, 3.05) is 0 Å². The number of hydrogen-bond acceptors (Lipinski definition) is 0. The van der Waals surface area contributed by atoms with Gasteiger partial charge in [0.1, 0.15) is 0 Å². The number of halogens is 2. The first kappa shape index (κ1) is 19.3. The largest absolute Gasteiger partial charge is 0.203 e. The van der Waals surface area contributed by atoms with Crippen molar-refractivity contribution < 1.29 is 8.78 Å². The van der Waals surface area contributed by atoms with E-state index in [9.17, 15) is 8.78 Å². The fourth-order valence-electron chi connectivity index (χ4n) is 3.26. The highest BCUT2D eigenvalue weighted by molar-refractivity contribution is 5.65. The van der Waals surface area contributed by atoms with Gasteiger partial charge in [-0.1, -0.05) is 74.0 Å². The normalized spacial score (nSPS) is 11.0. The molecule has 0 saturated heterocycles. The molecule has 0 aliphatic heterocycles. The molecular weight excluding hydrogens is 338 g/mol. The average molecular weight is 364 g/mol. The molecule has 0 fully saturated rings. The van der Waals surface area contributed by atoms with Crippen LogP contribution in [0.2, 0.25) is 0 Å². The third kappa shape index (κ3) is 4.82. The van der Waals surface area contributed by atoms with E-state index in [0.717, 1.165) is 19.3 Å². The van der Waals surface area contributed by atoms with E-state index in [2.05, 4.69) is 31.2 Å². The maximum absolute atomic E-state index is 14.2. The minimum atomic E-state index is -0.772. The quantitative estimate of drug-likeness (QED) is 0.421. The van der Waals surface area contributed by atoms with Crippen molar-refractivity contribution in [3.05, 3.63) is 94.6 Å². The maximum atomic E-state index is 14.2. The number of aryl methyl sites for hydroxylation is 4. The number of unbranched alkanes of at least 4 members (excludes halogenated alkanes) is 1. The Labute approximate surface area is 160 Å². The van der Waals surface area contributed by atoms with Crippen LogP contribution in [0.3, 0.4) is 0 Å². The van der Waals surface area contributed by atoms with Gasteiger partial charge in [0.2, 0.25) is 0 Å². The Balaban J connectivity index is 1.63. The summed E-state index contributed by atoms with van der Waals surface area (Å²) in [7, 11) is 0. The van der Waals surface area contributed by atoms with Crippen LogP contribution in [-0.2, 0) is 19.3 Å². The van der Waals surface area contributed by atoms with Crippen molar-refractivity contribution in [2.24, 2.45) is 0 Å². The van der Waals surface area contributed by atoms with Gasteiger partial charge in [-0.3, -0.25) is 0 Å². The second kappa shape index (κ2) is 8.94. The number of hydrogen-bond donors (Lipinski definition) is 0. The molecule has 27 heavy (non-hydrogen) atoms. The van der Waals surface area contributed by atoms with Gasteiger partial charge in [-0.15, -0.1) is 0 Å². The highest BCUT2D eigenvalue weighted by atomic mass is 19.2. The Hall–Kier alpha value is -2.48. The minimum absolute atomic E-state index is 0.312. The van der Waals surface area contributed by atoms with Gasteiger partial charge in [0.25, 0.3) is 0 Å². The first-order chi connectivity index (χ1) is 13.1. The molecule has 0 aliphatic carbocycles. The van der Waals surface area contributed by atoms with E-state index in [-0.39, 0.29) is 0 Å². The molecule has 3 aromatic rings. The molecule has 0 spiro atoms. The molecule has 2 heteroatoms. The first-order valence-electron chi connectivity index (χ1n) is 9.70. The van der Waals surface area contributed by atoms with Gasteiger partial charge in [-0.2, -0.15) is 0 Å². The summed E-state index contributed by atoms with van der Waals surface area (Å²) in [6.07, 6.45) is 5.50. The molecule has 140 valence electrons. The van der Waals surface area contributed by atoms with Crippen molar-refractivity contribution in [2.45, 2.75) is 46.0 Å². The fourth-order valence-corrected chi connectivity index (χ4v) is 3.26. The van der Waals surface area contributed by atoms with Gasteiger partial charge in [0.15, 0.2) is 11.6 Å². The van der Waals surface area contributed by atoms with Crippen molar-refractivity contribution in [1.29, 1.82) is 0 Å². The highest BCUT2D eigenvalue weighted by Crippen LogP contribution is 2.26. The molecule has 0 amide bonds. The lowest BCUT2D eigenvalue weighted by molar-refractivity contribution is 0.505. The van der Waals surface area contributed by atoms with Crippen LogP contribution in [0.25, 0.3) is 11.1 Å². The van der Waals surface area contributed by atoms with Crippen molar-refractivity contribution >= 4 is 0 Å². The Bertz CT molecular complexity index is 877. The lowest BCUT2D eigenvalue weighted by Gasteiger charge is -2.08. The SMILES string of the molecule is CCCCc1ccc(CCc2ccc(-c3ccc(C)c(F)c3F)cc2)cc1. The van der Waals surface area contributed by atoms with Crippen LogP contribution in [-0.4, -0.2) is 0 Å². The van der Waals surface area contributed by atoms with Crippen molar-refractivity contribution in [3.63, 3.8) is 0 Å². The van der Waals surface area contributed by atoms with E-state index in [0.29, 0.717) is 16.7 Å². The van der Waals surface area contributed by atoms with Crippen LogP contribution < -0.4 is 0 Å². The Morgan fingerprint density at radius 2 is 1.15 bits per heavy atom. The van der Waals surface area contributed by atoms with E-state index in [4.69, 9.17) is 0 Å². The summed E-state index contributed by atoms with van der Waals surface area (Å²) in [5.74, 6) is -1.54. The zero-order chi connectivity index (χ0) is 19.2. The molecule has 0 saturated carbocycles. The molecule has 3 aromatic carbocycles. The van der Waals surface area contributed by atoms with E-state index in [1.807, 2.05) is 24.3 Å². The summed E-state index contributed by atoms with van der Waals surface area (Å²) in [5, 5.41) is 0. The second-order valence-electron chi connectivity index (χ2n) is 7.17. The van der Waals surface area contributed by atoms with Gasteiger partial charge in [0.05, 0.1) is 0 Å². The second-order valence-corrected chi connectivity index (χ2v) is 7.17. The topological polar surface area (TPSA) is 0 Å². The summed E-state index contributed by atoms with van der Waals surface area (Å²) >= 11 is 0. The molecule has 0 nitrogen and oxygen atoms in total. The van der Waals surface area contributed by atoms with Crippen LogP contribution in [0, 0.1) is 18.6 Å². The van der Waals surface area contributed by atoms with Gasteiger partial charge >= 0.3 is 0 Å². The summed E-state index contributed by atoms with van der Waals surface area (Å²) in [6, 6.07) is 19.9. The lowest BCUT2D eigenvalue weighted by atomic mass is 9.98. The molecule has 0 aliphatic rings. The number of rotatable bonds is 7. The molecule has 0 radical (unpaired) electrons. The molecule has 3 rings (SSSR count). The zero-order valence-electron chi connectivity index (χ0n) is 16.1. The minimum Gasteiger partial charge on any atom is -0.203 e. The van der Waals surface area contributed by atoms with Gasteiger partial charge in [0, 0.05) is 5.56 Å². The third-order valence-corrected chi connectivity index (χ3v) is 5.08. The van der Waals surface area contributed by atoms with E-state index in [1.54, 1.807) is 19.1 Å². The smallest absolute Gasteiger partial charge is 0.166 e. The molecule has 0 bridgehead atoms. The van der Waals surface area contributed by atoms with Crippen molar-refractivity contribution in [1.82, 2.24) is 0 Å². The van der Waals surface area contributed by atoms with Gasteiger partial charge in [-0.25, -0.2) is 8.78 Å². The highest BCUT2D eigenvalue weighted by Gasteiger charge is 2.12. The van der Waals surface area contributed by atoms with Crippen LogP contribution in [0.4, 0.5) is 8.78 Å². The molecule has 0 atom stereocenters. The first-order valence-corrected chi connectivity index (χ1v) is 9.70. The third-order valence-electron chi connectivity index (χ3n) is 5.08. The molecule has 0 N–H and O–H groups in total. The standard InChI is InChI=1S/C25H26F2/c1-3-4-5-19-7-9-20(10-8-19)11-12-21-13-15-22(16-14-21)23-17-6-18(2)24(26)25(23)27/h6-10,13-17H,3-5,11-12H2,1-2H3. The van der Waals surface area contributed by atoms with Crippen LogP contribution in [0.5, 0.6) is 0 Å². The molecule has 0 unspecified atom stereocenters. The van der Waals surface area contributed by atoms with Crippen molar-refractivity contribution in [3.8, 4) is 11.1 Å². The predicted octanol–water partition coefficient (Wildman–Crippen LogP) is 7.07. The summed E-state index contributed by atoms with van der Waals surface area (Å²) in [4.78, 5) is 0. The van der Waals surface area contributed by atoms with E-state index >= 15 is 0 Å². The Morgan fingerprint density at radius 3 is 1.70 bits per heavy atom. The van der Waals surface area contributed by atoms with Crippen LogP contribution in [0.1, 0.15) is 42.0 Å². The van der Waals surface area contributed by atoms with Crippen LogP contribution >= 0.6 is 0 Å². The fraction of sp³-hybridized carbons (Fsp3) is 0.280. The Kier molecular flexibility index (Phi) is 6.39. The van der Waals surface area contributed by atoms with Gasteiger partial charge in [-0.05, 0) is 60.4 Å². The lowest BCUT2D eigenvalue weighted by Crippen LogP contribution is -1.95. The van der Waals surface area contributed by atoms with Gasteiger partial charge < -0.3 is 0 Å².